The van der Waals surface area contributed by atoms with E-state index in [2.05, 4.69) is 21.2 Å². The maximum absolute atomic E-state index is 11.6. The van der Waals surface area contributed by atoms with Crippen LogP contribution in [0.15, 0.2) is 51.6 Å². The fraction of sp³-hybridized carbons (Fsp3) is 0.176. The Morgan fingerprint density at radius 2 is 2.17 bits per heavy atom. The van der Waals surface area contributed by atoms with Gasteiger partial charge in [0.15, 0.2) is 6.61 Å². The van der Waals surface area contributed by atoms with E-state index >= 15 is 0 Å². The lowest BCUT2D eigenvalue weighted by atomic mass is 10.1. The smallest absolute Gasteiger partial charge is 0.331 e. The number of nitrogens with one attached hydrogen (secondary N) is 1. The minimum atomic E-state index is -0.578. The molecule has 0 atom stereocenters. The number of aryl methyl sites for hydroxylation is 1. The minimum Gasteiger partial charge on any atom is -0.467 e. The summed E-state index contributed by atoms with van der Waals surface area (Å²) in [6, 6.07) is 9.26. The van der Waals surface area contributed by atoms with Gasteiger partial charge in [-0.15, -0.1) is 0 Å². The molecule has 5 nitrogen and oxygen atoms in total. The van der Waals surface area contributed by atoms with Crippen molar-refractivity contribution in [2.45, 2.75) is 13.5 Å². The molecule has 1 aromatic heterocycles. The van der Waals surface area contributed by atoms with Crippen molar-refractivity contribution in [3.05, 3.63) is 64.0 Å². The molecule has 0 aliphatic heterocycles. The van der Waals surface area contributed by atoms with Crippen LogP contribution in [0.2, 0.25) is 0 Å². The zero-order valence-corrected chi connectivity index (χ0v) is 14.1. The predicted octanol–water partition coefficient (Wildman–Crippen LogP) is 3.22. The van der Waals surface area contributed by atoms with Crippen LogP contribution < -0.4 is 5.32 Å². The Morgan fingerprint density at radius 1 is 1.35 bits per heavy atom. The highest BCUT2D eigenvalue weighted by Gasteiger charge is 2.06. The van der Waals surface area contributed by atoms with Crippen LogP contribution in [0.3, 0.4) is 0 Å². The Hall–Kier alpha value is -2.34. The van der Waals surface area contributed by atoms with Crippen molar-refractivity contribution in [2.24, 2.45) is 0 Å². The number of halogens is 1. The van der Waals surface area contributed by atoms with Crippen LogP contribution in [0.4, 0.5) is 0 Å². The summed E-state index contributed by atoms with van der Waals surface area (Å²) in [4.78, 5) is 23.2. The third kappa shape index (κ3) is 5.75. The molecule has 0 aliphatic carbocycles. The van der Waals surface area contributed by atoms with Gasteiger partial charge in [0, 0.05) is 10.5 Å². The third-order valence-electron chi connectivity index (χ3n) is 2.94. The molecule has 2 rings (SSSR count). The highest BCUT2D eigenvalue weighted by Crippen LogP contribution is 2.19. The average Bonchev–Trinajstić information content (AvgIpc) is 3.03. The molecule has 0 saturated heterocycles. The molecule has 0 unspecified atom stereocenters. The van der Waals surface area contributed by atoms with E-state index in [1.165, 1.54) is 12.3 Å². The van der Waals surface area contributed by atoms with E-state index in [1.807, 2.05) is 25.1 Å². The summed E-state index contributed by atoms with van der Waals surface area (Å²) in [6.07, 6.45) is 4.44. The van der Waals surface area contributed by atoms with Crippen molar-refractivity contribution in [1.29, 1.82) is 0 Å². The van der Waals surface area contributed by atoms with E-state index in [9.17, 15) is 9.59 Å². The van der Waals surface area contributed by atoms with Crippen molar-refractivity contribution in [3.8, 4) is 0 Å². The second kappa shape index (κ2) is 8.33. The van der Waals surface area contributed by atoms with Crippen molar-refractivity contribution < 1.29 is 18.7 Å². The highest BCUT2D eigenvalue weighted by molar-refractivity contribution is 9.10. The van der Waals surface area contributed by atoms with Crippen molar-refractivity contribution >= 4 is 33.9 Å². The number of rotatable bonds is 6. The normalized spacial score (nSPS) is 10.7. The van der Waals surface area contributed by atoms with Gasteiger partial charge in [-0.3, -0.25) is 4.79 Å². The Labute approximate surface area is 142 Å². The molecule has 1 heterocycles. The zero-order valence-electron chi connectivity index (χ0n) is 12.5. The molecule has 0 aliphatic rings. The first-order valence-corrected chi connectivity index (χ1v) is 7.74. The Kier molecular flexibility index (Phi) is 6.17. The number of furan rings is 1. The standard InChI is InChI=1S/C17H16BrNO4/c1-12-4-5-13(15(18)9-12)6-7-17(21)23-11-16(20)19-10-14-3-2-8-22-14/h2-9H,10-11H2,1H3,(H,19,20)/b7-6+. The highest BCUT2D eigenvalue weighted by atomic mass is 79.9. The third-order valence-corrected chi connectivity index (χ3v) is 3.63. The lowest BCUT2D eigenvalue weighted by molar-refractivity contribution is -0.143. The van der Waals surface area contributed by atoms with Gasteiger partial charge in [-0.2, -0.15) is 0 Å². The van der Waals surface area contributed by atoms with Crippen LogP contribution in [0.1, 0.15) is 16.9 Å². The van der Waals surface area contributed by atoms with Gasteiger partial charge in [-0.25, -0.2) is 4.79 Å². The Balaban J connectivity index is 1.75. The number of ether oxygens (including phenoxy) is 1. The number of carbonyl (C=O) groups excluding carboxylic acids is 2. The molecule has 120 valence electrons. The van der Waals surface area contributed by atoms with Gasteiger partial charge in [0.1, 0.15) is 5.76 Å². The first-order valence-electron chi connectivity index (χ1n) is 6.94. The number of hydrogen-bond acceptors (Lipinski definition) is 4. The lowest BCUT2D eigenvalue weighted by Gasteiger charge is -2.04. The molecule has 2 aromatic rings. The molecule has 1 amide bonds. The number of esters is 1. The van der Waals surface area contributed by atoms with Crippen LogP contribution >= 0.6 is 15.9 Å². The Morgan fingerprint density at radius 3 is 2.87 bits per heavy atom. The van der Waals surface area contributed by atoms with Gasteiger partial charge >= 0.3 is 5.97 Å². The van der Waals surface area contributed by atoms with E-state index in [-0.39, 0.29) is 19.1 Å². The first-order chi connectivity index (χ1) is 11.0. The summed E-state index contributed by atoms with van der Waals surface area (Å²) < 4.78 is 10.8. The number of benzene rings is 1. The van der Waals surface area contributed by atoms with Gasteiger partial charge < -0.3 is 14.5 Å². The summed E-state index contributed by atoms with van der Waals surface area (Å²) in [5.74, 6) is -0.334. The van der Waals surface area contributed by atoms with Crippen molar-refractivity contribution in [2.75, 3.05) is 6.61 Å². The summed E-state index contributed by atoms with van der Waals surface area (Å²) in [5, 5.41) is 2.59. The fourth-order valence-electron chi connectivity index (χ4n) is 1.76. The maximum Gasteiger partial charge on any atom is 0.331 e. The molecule has 0 spiro atoms. The van der Waals surface area contributed by atoms with Crippen LogP contribution in [-0.2, 0) is 20.9 Å². The zero-order chi connectivity index (χ0) is 16.7. The lowest BCUT2D eigenvalue weighted by Crippen LogP contribution is -2.27. The van der Waals surface area contributed by atoms with E-state index < -0.39 is 5.97 Å². The van der Waals surface area contributed by atoms with Crippen LogP contribution in [0, 0.1) is 6.92 Å². The monoisotopic (exact) mass is 377 g/mol. The van der Waals surface area contributed by atoms with E-state index in [1.54, 1.807) is 18.2 Å². The quantitative estimate of drug-likeness (QED) is 0.619. The van der Waals surface area contributed by atoms with Gasteiger partial charge in [-0.1, -0.05) is 28.1 Å². The van der Waals surface area contributed by atoms with Crippen LogP contribution in [0.5, 0.6) is 0 Å². The predicted molar refractivity (Wildman–Crippen MR) is 89.4 cm³/mol. The van der Waals surface area contributed by atoms with E-state index in [0.717, 1.165) is 15.6 Å². The van der Waals surface area contributed by atoms with Gasteiger partial charge in [0.2, 0.25) is 0 Å². The van der Waals surface area contributed by atoms with Gasteiger partial charge in [0.25, 0.3) is 5.91 Å². The molecule has 23 heavy (non-hydrogen) atoms. The molecule has 6 heteroatoms. The number of hydrogen-bond donors (Lipinski definition) is 1. The summed E-state index contributed by atoms with van der Waals surface area (Å²) in [5.41, 5.74) is 1.97. The first kappa shape index (κ1) is 17.0. The molecule has 0 radical (unpaired) electrons. The van der Waals surface area contributed by atoms with Gasteiger partial charge in [0.05, 0.1) is 12.8 Å². The second-order valence-electron chi connectivity index (χ2n) is 4.82. The number of carbonyl (C=O) groups is 2. The van der Waals surface area contributed by atoms with Crippen LogP contribution in [-0.4, -0.2) is 18.5 Å². The molecule has 0 fully saturated rings. The summed E-state index contributed by atoms with van der Waals surface area (Å²) >= 11 is 3.42. The minimum absolute atomic E-state index is 0.259. The molecular weight excluding hydrogens is 362 g/mol. The summed E-state index contributed by atoms with van der Waals surface area (Å²) in [7, 11) is 0. The van der Waals surface area contributed by atoms with E-state index in [4.69, 9.17) is 9.15 Å². The SMILES string of the molecule is Cc1ccc(/C=C/C(=O)OCC(=O)NCc2ccco2)c(Br)c1. The Bertz CT molecular complexity index is 707. The van der Waals surface area contributed by atoms with E-state index in [0.29, 0.717) is 5.76 Å². The van der Waals surface area contributed by atoms with Crippen LogP contribution in [0.25, 0.3) is 6.08 Å². The van der Waals surface area contributed by atoms with Crippen molar-refractivity contribution in [1.82, 2.24) is 5.32 Å². The average molecular weight is 378 g/mol. The van der Waals surface area contributed by atoms with Crippen molar-refractivity contribution in [3.63, 3.8) is 0 Å². The maximum atomic E-state index is 11.6. The molecule has 0 saturated carbocycles. The largest absolute Gasteiger partial charge is 0.467 e. The number of amides is 1. The summed E-state index contributed by atoms with van der Waals surface area (Å²) in [6.45, 7) is 1.91. The molecule has 1 N–H and O–H groups in total. The topological polar surface area (TPSA) is 68.5 Å². The molecular formula is C17H16BrNO4. The second-order valence-corrected chi connectivity index (χ2v) is 5.68. The molecule has 0 bridgehead atoms. The molecule has 1 aromatic carbocycles. The van der Waals surface area contributed by atoms with Gasteiger partial charge in [-0.05, 0) is 42.3 Å². The fourth-order valence-corrected chi connectivity index (χ4v) is 2.39.